The second kappa shape index (κ2) is 10.8. The summed E-state index contributed by atoms with van der Waals surface area (Å²) in [4.78, 5) is 14.7. The van der Waals surface area contributed by atoms with Gasteiger partial charge in [-0.25, -0.2) is 0 Å². The molecule has 1 N–H and O–H groups in total. The third kappa shape index (κ3) is 5.40. The molecule has 0 fully saturated rings. The zero-order valence-electron chi connectivity index (χ0n) is 17.5. The Morgan fingerprint density at radius 3 is 2.40 bits per heavy atom. The SMILES string of the molecule is CCN(CC)c1ccc(NC(=O)CSc2nnc(COC)n2-c2ccccc2)cc1. The number of aromatic nitrogens is 3. The van der Waals surface area contributed by atoms with Crippen LogP contribution in [0.4, 0.5) is 11.4 Å². The molecule has 3 rings (SSSR count). The number of nitrogens with zero attached hydrogens (tertiary/aromatic N) is 4. The molecule has 0 unspecified atom stereocenters. The van der Waals surface area contributed by atoms with E-state index in [4.69, 9.17) is 4.74 Å². The number of carbonyl (C=O) groups is 1. The number of ether oxygens (including phenoxy) is 1. The van der Waals surface area contributed by atoms with Gasteiger partial charge in [-0.15, -0.1) is 10.2 Å². The highest BCUT2D eigenvalue weighted by Crippen LogP contribution is 2.23. The van der Waals surface area contributed by atoms with Crippen LogP contribution in [0.1, 0.15) is 19.7 Å². The minimum absolute atomic E-state index is 0.0912. The summed E-state index contributed by atoms with van der Waals surface area (Å²) in [6.45, 7) is 6.50. The first-order chi connectivity index (χ1) is 14.7. The number of methoxy groups -OCH3 is 1. The van der Waals surface area contributed by atoms with Crippen molar-refractivity contribution in [1.82, 2.24) is 14.8 Å². The van der Waals surface area contributed by atoms with Gasteiger partial charge in [0.15, 0.2) is 11.0 Å². The molecule has 0 saturated carbocycles. The maximum Gasteiger partial charge on any atom is 0.234 e. The van der Waals surface area contributed by atoms with Crippen LogP contribution in [-0.4, -0.2) is 46.6 Å². The number of hydrogen-bond acceptors (Lipinski definition) is 6. The average Bonchev–Trinajstić information content (AvgIpc) is 3.18. The number of hydrogen-bond donors (Lipinski definition) is 1. The molecule has 1 aromatic heterocycles. The molecule has 0 saturated heterocycles. The first-order valence-electron chi connectivity index (χ1n) is 9.92. The Balaban J connectivity index is 1.65. The van der Waals surface area contributed by atoms with E-state index in [1.54, 1.807) is 7.11 Å². The lowest BCUT2D eigenvalue weighted by atomic mass is 10.2. The Kier molecular flexibility index (Phi) is 7.87. The zero-order chi connectivity index (χ0) is 21.3. The lowest BCUT2D eigenvalue weighted by Gasteiger charge is -2.21. The smallest absolute Gasteiger partial charge is 0.234 e. The van der Waals surface area contributed by atoms with Gasteiger partial charge < -0.3 is 15.0 Å². The number of para-hydroxylation sites is 1. The number of nitrogens with one attached hydrogen (secondary N) is 1. The number of rotatable bonds is 10. The van der Waals surface area contributed by atoms with Gasteiger partial charge >= 0.3 is 0 Å². The zero-order valence-corrected chi connectivity index (χ0v) is 18.4. The van der Waals surface area contributed by atoms with Gasteiger partial charge in [0.25, 0.3) is 0 Å². The van der Waals surface area contributed by atoms with Gasteiger partial charge in [0.05, 0.1) is 5.75 Å². The maximum atomic E-state index is 12.5. The first kappa shape index (κ1) is 21.9. The summed E-state index contributed by atoms with van der Waals surface area (Å²) in [5.41, 5.74) is 2.86. The Morgan fingerprint density at radius 1 is 1.07 bits per heavy atom. The van der Waals surface area contributed by atoms with E-state index >= 15 is 0 Å². The lowest BCUT2D eigenvalue weighted by molar-refractivity contribution is -0.113. The largest absolute Gasteiger partial charge is 0.377 e. The summed E-state index contributed by atoms with van der Waals surface area (Å²) in [6, 6.07) is 17.7. The Labute approximate surface area is 181 Å². The third-order valence-corrected chi connectivity index (χ3v) is 5.53. The minimum Gasteiger partial charge on any atom is -0.377 e. The van der Waals surface area contributed by atoms with Gasteiger partial charge in [-0.2, -0.15) is 0 Å². The Bertz CT molecular complexity index is 940. The third-order valence-electron chi connectivity index (χ3n) is 4.60. The van der Waals surface area contributed by atoms with Crippen molar-refractivity contribution in [3.63, 3.8) is 0 Å². The van der Waals surface area contributed by atoms with Crippen molar-refractivity contribution < 1.29 is 9.53 Å². The summed E-state index contributed by atoms with van der Waals surface area (Å²) in [5.74, 6) is 0.834. The van der Waals surface area contributed by atoms with Gasteiger partial charge in [-0.1, -0.05) is 30.0 Å². The molecule has 7 nitrogen and oxygen atoms in total. The van der Waals surface area contributed by atoms with E-state index in [9.17, 15) is 4.79 Å². The van der Waals surface area contributed by atoms with E-state index in [-0.39, 0.29) is 11.7 Å². The number of benzene rings is 2. The van der Waals surface area contributed by atoms with Crippen molar-refractivity contribution >= 4 is 29.0 Å². The lowest BCUT2D eigenvalue weighted by Crippen LogP contribution is -2.21. The highest BCUT2D eigenvalue weighted by Gasteiger charge is 2.16. The normalized spacial score (nSPS) is 10.8. The summed E-state index contributed by atoms with van der Waals surface area (Å²) in [6.07, 6.45) is 0. The van der Waals surface area contributed by atoms with E-state index < -0.39 is 0 Å². The van der Waals surface area contributed by atoms with E-state index in [2.05, 4.69) is 34.3 Å². The van der Waals surface area contributed by atoms with Crippen molar-refractivity contribution in [2.75, 3.05) is 36.2 Å². The fraction of sp³-hybridized carbons (Fsp3) is 0.318. The van der Waals surface area contributed by atoms with Gasteiger partial charge in [-0.3, -0.25) is 9.36 Å². The monoisotopic (exact) mass is 425 g/mol. The van der Waals surface area contributed by atoms with Crippen LogP contribution >= 0.6 is 11.8 Å². The second-order valence-electron chi connectivity index (χ2n) is 6.56. The van der Waals surface area contributed by atoms with E-state index in [0.29, 0.717) is 17.6 Å². The predicted molar refractivity (Wildman–Crippen MR) is 121 cm³/mol. The van der Waals surface area contributed by atoms with E-state index in [0.717, 1.165) is 30.2 Å². The summed E-state index contributed by atoms with van der Waals surface area (Å²) in [5, 5.41) is 12.1. The molecule has 0 spiro atoms. The van der Waals surface area contributed by atoms with Crippen LogP contribution in [-0.2, 0) is 16.1 Å². The molecular formula is C22H27N5O2S. The molecule has 0 aliphatic carbocycles. The van der Waals surface area contributed by atoms with Gasteiger partial charge in [0.2, 0.25) is 5.91 Å². The van der Waals surface area contributed by atoms with Crippen LogP contribution in [0.5, 0.6) is 0 Å². The Hall–Kier alpha value is -2.84. The molecule has 2 aromatic carbocycles. The highest BCUT2D eigenvalue weighted by molar-refractivity contribution is 7.99. The van der Waals surface area contributed by atoms with Gasteiger partial charge in [0, 0.05) is 37.3 Å². The molecule has 0 aliphatic heterocycles. The van der Waals surface area contributed by atoms with Gasteiger partial charge in [-0.05, 0) is 50.2 Å². The fourth-order valence-corrected chi connectivity index (χ4v) is 3.90. The molecule has 0 radical (unpaired) electrons. The van der Waals surface area contributed by atoms with Crippen LogP contribution in [0.3, 0.4) is 0 Å². The molecule has 0 aliphatic rings. The van der Waals surface area contributed by atoms with Crippen molar-refractivity contribution in [3.8, 4) is 5.69 Å². The molecule has 158 valence electrons. The van der Waals surface area contributed by atoms with Gasteiger partial charge in [0.1, 0.15) is 6.61 Å². The van der Waals surface area contributed by atoms with Crippen LogP contribution in [0.15, 0.2) is 59.8 Å². The standard InChI is InChI=1S/C22H27N5O2S/c1-4-26(5-2)18-13-11-17(12-14-18)23-21(28)16-30-22-25-24-20(15-29-3)27(22)19-9-7-6-8-10-19/h6-14H,4-5,15-16H2,1-3H3,(H,23,28). The predicted octanol–water partition coefficient (Wildman–Crippen LogP) is 3.99. The molecule has 30 heavy (non-hydrogen) atoms. The molecule has 0 atom stereocenters. The van der Waals surface area contributed by atoms with Crippen LogP contribution in [0, 0.1) is 0 Å². The molecule has 0 bridgehead atoms. The topological polar surface area (TPSA) is 72.3 Å². The first-order valence-corrected chi connectivity index (χ1v) is 10.9. The van der Waals surface area contributed by atoms with Crippen molar-refractivity contribution in [2.24, 2.45) is 0 Å². The molecular weight excluding hydrogens is 398 g/mol. The average molecular weight is 426 g/mol. The second-order valence-corrected chi connectivity index (χ2v) is 7.50. The van der Waals surface area contributed by atoms with Crippen molar-refractivity contribution in [2.45, 2.75) is 25.6 Å². The van der Waals surface area contributed by atoms with E-state index in [1.807, 2.05) is 59.2 Å². The fourth-order valence-electron chi connectivity index (χ4n) is 3.12. The highest BCUT2D eigenvalue weighted by atomic mass is 32.2. The molecule has 3 aromatic rings. The minimum atomic E-state index is -0.0912. The maximum absolute atomic E-state index is 12.5. The molecule has 1 heterocycles. The van der Waals surface area contributed by atoms with Crippen LogP contribution in [0.2, 0.25) is 0 Å². The number of thioether (sulfide) groups is 1. The van der Waals surface area contributed by atoms with Crippen molar-refractivity contribution in [3.05, 3.63) is 60.4 Å². The van der Waals surface area contributed by atoms with Crippen molar-refractivity contribution in [1.29, 1.82) is 0 Å². The summed E-state index contributed by atoms with van der Waals surface area (Å²) >= 11 is 1.34. The van der Waals surface area contributed by atoms with Crippen LogP contribution in [0.25, 0.3) is 5.69 Å². The molecule has 8 heteroatoms. The van der Waals surface area contributed by atoms with Crippen LogP contribution < -0.4 is 10.2 Å². The number of carbonyl (C=O) groups excluding carboxylic acids is 1. The summed E-state index contributed by atoms with van der Waals surface area (Å²) in [7, 11) is 1.62. The summed E-state index contributed by atoms with van der Waals surface area (Å²) < 4.78 is 7.15. The number of anilines is 2. The Morgan fingerprint density at radius 2 is 1.77 bits per heavy atom. The quantitative estimate of drug-likeness (QED) is 0.495. The molecule has 1 amide bonds. The van der Waals surface area contributed by atoms with E-state index in [1.165, 1.54) is 11.8 Å². The number of amides is 1.